The van der Waals surface area contributed by atoms with Crippen molar-refractivity contribution in [1.29, 1.82) is 0 Å². The molecule has 0 radical (unpaired) electrons. The molecule has 40 heavy (non-hydrogen) atoms. The summed E-state index contributed by atoms with van der Waals surface area (Å²) in [5.74, 6) is 0.738. The van der Waals surface area contributed by atoms with E-state index in [2.05, 4.69) is 6.58 Å². The summed E-state index contributed by atoms with van der Waals surface area (Å²) in [6, 6.07) is 24.7. The molecular formula is C32H22N2O6. The first-order chi connectivity index (χ1) is 19.3. The van der Waals surface area contributed by atoms with E-state index in [-0.39, 0.29) is 30.2 Å². The highest BCUT2D eigenvalue weighted by Crippen LogP contribution is 2.32. The third-order valence-corrected chi connectivity index (χ3v) is 6.83. The molecule has 0 spiro atoms. The molecule has 4 amide bonds. The fourth-order valence-electron chi connectivity index (χ4n) is 4.74. The van der Waals surface area contributed by atoms with Crippen molar-refractivity contribution < 1.29 is 28.7 Å². The van der Waals surface area contributed by atoms with E-state index in [0.717, 1.165) is 20.9 Å². The van der Waals surface area contributed by atoms with Gasteiger partial charge in [0, 0.05) is 13.6 Å². The molecule has 2 aliphatic heterocycles. The van der Waals surface area contributed by atoms with Crippen LogP contribution in [0.1, 0.15) is 41.4 Å². The molecule has 8 nitrogen and oxygen atoms in total. The minimum atomic E-state index is -0.361. The van der Waals surface area contributed by atoms with Crippen molar-refractivity contribution in [2.45, 2.75) is 0 Å². The van der Waals surface area contributed by atoms with Gasteiger partial charge in [-0.05, 0) is 71.8 Å². The van der Waals surface area contributed by atoms with Gasteiger partial charge in [0.15, 0.2) is 0 Å². The zero-order chi connectivity index (χ0) is 28.0. The molecule has 0 N–H and O–H groups in total. The molecule has 0 fully saturated rings. The highest BCUT2D eigenvalue weighted by Gasteiger charge is 2.35. The van der Waals surface area contributed by atoms with E-state index in [1.54, 1.807) is 36.4 Å². The van der Waals surface area contributed by atoms with Crippen LogP contribution >= 0.6 is 0 Å². The lowest BCUT2D eigenvalue weighted by atomic mass is 10.1. The van der Waals surface area contributed by atoms with Gasteiger partial charge in [-0.25, -0.2) is 0 Å². The number of imide groups is 2. The number of fused-ring (bicyclic) bond motifs is 2. The average Bonchev–Trinajstić information content (AvgIpc) is 3.33. The van der Waals surface area contributed by atoms with Gasteiger partial charge in [-0.15, -0.1) is 6.58 Å². The highest BCUT2D eigenvalue weighted by atomic mass is 16.5. The van der Waals surface area contributed by atoms with Crippen LogP contribution in [0, 0.1) is 0 Å². The fourth-order valence-corrected chi connectivity index (χ4v) is 4.74. The van der Waals surface area contributed by atoms with E-state index in [9.17, 15) is 19.2 Å². The summed E-state index contributed by atoms with van der Waals surface area (Å²) in [5, 5.41) is 0. The minimum Gasteiger partial charge on any atom is -0.457 e. The Morgan fingerprint density at radius 1 is 0.575 bits per heavy atom. The SMILES string of the molecule is C=CCN1C(=O)c2ccc(Oc3ccc(-c4ccc(Oc5ccc6c(c5)C(=O)N(C)C6=O)cc4)cc3)cc2C1=O. The van der Waals surface area contributed by atoms with Crippen LogP contribution in [-0.4, -0.2) is 47.0 Å². The van der Waals surface area contributed by atoms with Gasteiger partial charge < -0.3 is 9.47 Å². The van der Waals surface area contributed by atoms with Crippen molar-refractivity contribution in [3.63, 3.8) is 0 Å². The molecule has 0 saturated heterocycles. The van der Waals surface area contributed by atoms with Crippen molar-refractivity contribution in [3.05, 3.63) is 120 Å². The Morgan fingerprint density at radius 2 is 0.975 bits per heavy atom. The Bertz CT molecular complexity index is 1720. The summed E-state index contributed by atoms with van der Waals surface area (Å²) in [6.45, 7) is 3.76. The Balaban J connectivity index is 1.13. The molecule has 0 saturated carbocycles. The number of carbonyl (C=O) groups is 4. The van der Waals surface area contributed by atoms with Gasteiger partial charge in [-0.3, -0.25) is 29.0 Å². The molecule has 2 heterocycles. The van der Waals surface area contributed by atoms with Crippen LogP contribution in [0.5, 0.6) is 23.0 Å². The Morgan fingerprint density at radius 3 is 1.48 bits per heavy atom. The molecule has 0 unspecified atom stereocenters. The zero-order valence-corrected chi connectivity index (χ0v) is 21.4. The average molecular weight is 531 g/mol. The monoisotopic (exact) mass is 530 g/mol. The number of amides is 4. The lowest BCUT2D eigenvalue weighted by Gasteiger charge is -2.10. The first-order valence-corrected chi connectivity index (χ1v) is 12.5. The Kier molecular flexibility index (Phi) is 6.00. The van der Waals surface area contributed by atoms with Crippen LogP contribution in [0.4, 0.5) is 0 Å². The van der Waals surface area contributed by atoms with Crippen molar-refractivity contribution in [2.24, 2.45) is 0 Å². The highest BCUT2D eigenvalue weighted by molar-refractivity contribution is 6.22. The van der Waals surface area contributed by atoms with Crippen LogP contribution in [0.2, 0.25) is 0 Å². The zero-order valence-electron chi connectivity index (χ0n) is 21.4. The first-order valence-electron chi connectivity index (χ1n) is 12.5. The smallest absolute Gasteiger partial charge is 0.261 e. The summed E-state index contributed by atoms with van der Waals surface area (Å²) < 4.78 is 11.9. The molecule has 4 aromatic rings. The molecule has 6 rings (SSSR count). The summed E-state index contributed by atoms with van der Waals surface area (Å²) in [4.78, 5) is 51.6. The van der Waals surface area contributed by atoms with Crippen LogP contribution in [-0.2, 0) is 0 Å². The van der Waals surface area contributed by atoms with E-state index in [4.69, 9.17) is 9.47 Å². The molecule has 4 aromatic carbocycles. The number of ether oxygens (including phenoxy) is 2. The molecule has 2 aliphatic rings. The molecule has 0 bridgehead atoms. The van der Waals surface area contributed by atoms with Gasteiger partial charge in [0.25, 0.3) is 23.6 Å². The maximum atomic E-state index is 12.6. The van der Waals surface area contributed by atoms with E-state index < -0.39 is 0 Å². The van der Waals surface area contributed by atoms with Gasteiger partial charge in [0.1, 0.15) is 23.0 Å². The number of hydrogen-bond donors (Lipinski definition) is 0. The first kappa shape index (κ1) is 24.8. The number of carbonyl (C=O) groups excluding carboxylic acids is 4. The number of benzene rings is 4. The largest absolute Gasteiger partial charge is 0.457 e. The van der Waals surface area contributed by atoms with Crippen molar-refractivity contribution in [3.8, 4) is 34.1 Å². The Hall–Kier alpha value is -5.50. The van der Waals surface area contributed by atoms with Gasteiger partial charge in [-0.1, -0.05) is 30.3 Å². The third kappa shape index (κ3) is 4.21. The van der Waals surface area contributed by atoms with E-state index in [0.29, 0.717) is 45.3 Å². The van der Waals surface area contributed by atoms with Gasteiger partial charge >= 0.3 is 0 Å². The van der Waals surface area contributed by atoms with Crippen molar-refractivity contribution in [2.75, 3.05) is 13.6 Å². The van der Waals surface area contributed by atoms with Crippen molar-refractivity contribution in [1.82, 2.24) is 9.80 Å². The van der Waals surface area contributed by atoms with Gasteiger partial charge in [0.2, 0.25) is 0 Å². The second-order valence-electron chi connectivity index (χ2n) is 9.35. The summed E-state index contributed by atoms with van der Waals surface area (Å²) in [5.41, 5.74) is 3.29. The molecule has 0 aliphatic carbocycles. The van der Waals surface area contributed by atoms with Crippen molar-refractivity contribution >= 4 is 23.6 Å². The molecule has 8 heteroatoms. The second-order valence-corrected chi connectivity index (χ2v) is 9.35. The summed E-state index contributed by atoms with van der Waals surface area (Å²) >= 11 is 0. The predicted molar refractivity (Wildman–Crippen MR) is 147 cm³/mol. The maximum Gasteiger partial charge on any atom is 0.261 e. The number of hydrogen-bond acceptors (Lipinski definition) is 6. The fraction of sp³-hybridized carbons (Fsp3) is 0.0625. The standard InChI is InChI=1S/C32H22N2O6/c1-3-16-34-31(37)26-15-13-24(18-28(26)32(34)38)40-22-10-6-20(7-11-22)19-4-8-21(9-5-19)39-23-12-14-25-27(17-23)30(36)33(2)29(25)35/h3-15,17-18H,1,16H2,2H3. The second kappa shape index (κ2) is 9.67. The molecule has 0 atom stereocenters. The van der Waals surface area contributed by atoms with Gasteiger partial charge in [-0.2, -0.15) is 0 Å². The summed E-state index contributed by atoms with van der Waals surface area (Å²) in [7, 11) is 1.46. The maximum absolute atomic E-state index is 12.6. The minimum absolute atomic E-state index is 0.159. The van der Waals surface area contributed by atoms with Crippen LogP contribution in [0.3, 0.4) is 0 Å². The van der Waals surface area contributed by atoms with Gasteiger partial charge in [0.05, 0.1) is 22.3 Å². The lowest BCUT2D eigenvalue weighted by molar-refractivity contribution is 0.0664. The number of rotatable bonds is 7. The van der Waals surface area contributed by atoms with E-state index in [1.165, 1.54) is 13.1 Å². The topological polar surface area (TPSA) is 93.2 Å². The van der Waals surface area contributed by atoms with Crippen LogP contribution in [0.25, 0.3) is 11.1 Å². The third-order valence-electron chi connectivity index (χ3n) is 6.83. The Labute approximate surface area is 229 Å². The normalized spacial score (nSPS) is 13.9. The summed E-state index contributed by atoms with van der Waals surface area (Å²) in [6.07, 6.45) is 1.52. The van der Waals surface area contributed by atoms with Crippen LogP contribution in [0.15, 0.2) is 97.6 Å². The molecule has 196 valence electrons. The lowest BCUT2D eigenvalue weighted by Crippen LogP contribution is -2.29. The van der Waals surface area contributed by atoms with E-state index in [1.807, 2.05) is 48.5 Å². The molecule has 0 aromatic heterocycles. The predicted octanol–water partition coefficient (Wildman–Crippen LogP) is 5.95. The van der Waals surface area contributed by atoms with Crippen LogP contribution < -0.4 is 9.47 Å². The molecular weight excluding hydrogens is 508 g/mol. The quantitative estimate of drug-likeness (QED) is 0.217. The van der Waals surface area contributed by atoms with E-state index >= 15 is 0 Å². The number of nitrogens with zero attached hydrogens (tertiary/aromatic N) is 2.